The van der Waals surface area contributed by atoms with Gasteiger partial charge in [-0.1, -0.05) is 50.1 Å². The lowest BCUT2D eigenvalue weighted by Gasteiger charge is -2.15. The maximum absolute atomic E-state index is 13.7. The molecule has 0 bridgehead atoms. The molecule has 2 aromatic rings. The van der Waals surface area contributed by atoms with Crippen LogP contribution in [0.25, 0.3) is 0 Å². The Balaban J connectivity index is 2.17. The highest BCUT2D eigenvalue weighted by Crippen LogP contribution is 2.26. The minimum atomic E-state index is -0.311. The molecule has 0 aliphatic carbocycles. The Morgan fingerprint density at radius 1 is 1.15 bits per heavy atom. The summed E-state index contributed by atoms with van der Waals surface area (Å²) in [5.74, 6) is 0.290. The number of hydrogen-bond acceptors (Lipinski definition) is 1. The Morgan fingerprint density at radius 2 is 1.85 bits per heavy atom. The Kier molecular flexibility index (Phi) is 5.61. The smallest absolute Gasteiger partial charge is 0.165 e. The van der Waals surface area contributed by atoms with Crippen LogP contribution in [0.3, 0.4) is 0 Å². The van der Waals surface area contributed by atoms with E-state index in [1.165, 1.54) is 12.7 Å². The SMILES string of the molecule is COc1ccc(CC(CBr)c2ccc(Br)cc2)cc1F. The van der Waals surface area contributed by atoms with Crippen molar-refractivity contribution in [2.24, 2.45) is 0 Å². The molecule has 1 unspecified atom stereocenters. The lowest BCUT2D eigenvalue weighted by Crippen LogP contribution is -2.05. The van der Waals surface area contributed by atoms with Crippen LogP contribution in [0, 0.1) is 5.82 Å². The maximum atomic E-state index is 13.7. The van der Waals surface area contributed by atoms with Crippen molar-refractivity contribution in [2.75, 3.05) is 12.4 Å². The van der Waals surface area contributed by atoms with E-state index < -0.39 is 0 Å². The van der Waals surface area contributed by atoms with Crippen molar-refractivity contribution in [3.8, 4) is 5.75 Å². The van der Waals surface area contributed by atoms with Crippen LogP contribution in [0.2, 0.25) is 0 Å². The monoisotopic (exact) mass is 400 g/mol. The molecule has 20 heavy (non-hydrogen) atoms. The second-order valence-electron chi connectivity index (χ2n) is 4.58. The predicted octanol–water partition coefficient (Wildman–Crippen LogP) is 5.32. The summed E-state index contributed by atoms with van der Waals surface area (Å²) in [5.41, 5.74) is 2.21. The standard InChI is InChI=1S/C16H15Br2FO/c1-20-16-7-2-11(9-15(16)19)8-13(10-17)12-3-5-14(18)6-4-12/h2-7,9,13H,8,10H2,1H3. The molecule has 2 rings (SSSR count). The van der Waals surface area contributed by atoms with E-state index in [4.69, 9.17) is 4.74 Å². The summed E-state index contributed by atoms with van der Waals surface area (Å²) < 4.78 is 19.7. The van der Waals surface area contributed by atoms with Crippen molar-refractivity contribution in [1.29, 1.82) is 0 Å². The van der Waals surface area contributed by atoms with E-state index in [2.05, 4.69) is 44.0 Å². The van der Waals surface area contributed by atoms with Crippen LogP contribution in [0.4, 0.5) is 4.39 Å². The third kappa shape index (κ3) is 3.83. The number of rotatable bonds is 5. The van der Waals surface area contributed by atoms with Gasteiger partial charge in [-0.25, -0.2) is 4.39 Å². The van der Waals surface area contributed by atoms with E-state index in [9.17, 15) is 4.39 Å². The Hall–Kier alpha value is -0.870. The van der Waals surface area contributed by atoms with E-state index in [0.29, 0.717) is 5.92 Å². The largest absolute Gasteiger partial charge is 0.494 e. The molecule has 1 atom stereocenters. The summed E-state index contributed by atoms with van der Waals surface area (Å²) in [4.78, 5) is 0. The van der Waals surface area contributed by atoms with Crippen LogP contribution in [-0.4, -0.2) is 12.4 Å². The van der Waals surface area contributed by atoms with Gasteiger partial charge in [-0.2, -0.15) is 0 Å². The van der Waals surface area contributed by atoms with Gasteiger partial charge in [0.25, 0.3) is 0 Å². The topological polar surface area (TPSA) is 9.23 Å². The number of ether oxygens (including phenoxy) is 1. The van der Waals surface area contributed by atoms with Gasteiger partial charge in [-0.15, -0.1) is 0 Å². The first-order chi connectivity index (χ1) is 9.63. The third-order valence-corrected chi connectivity index (χ3v) is 4.54. The van der Waals surface area contributed by atoms with Crippen LogP contribution < -0.4 is 4.74 Å². The molecule has 0 saturated heterocycles. The maximum Gasteiger partial charge on any atom is 0.165 e. The second kappa shape index (κ2) is 7.23. The first-order valence-corrected chi connectivity index (χ1v) is 8.19. The lowest BCUT2D eigenvalue weighted by molar-refractivity contribution is 0.386. The van der Waals surface area contributed by atoms with Crippen LogP contribution in [0.5, 0.6) is 5.75 Å². The van der Waals surface area contributed by atoms with E-state index in [1.807, 2.05) is 18.2 Å². The molecule has 1 nitrogen and oxygen atoms in total. The third-order valence-electron chi connectivity index (χ3n) is 3.23. The zero-order valence-electron chi connectivity index (χ0n) is 11.1. The van der Waals surface area contributed by atoms with E-state index >= 15 is 0 Å². The van der Waals surface area contributed by atoms with Gasteiger partial charge in [0.15, 0.2) is 11.6 Å². The summed E-state index contributed by atoms with van der Waals surface area (Å²) >= 11 is 6.98. The van der Waals surface area contributed by atoms with Crippen molar-refractivity contribution < 1.29 is 9.13 Å². The van der Waals surface area contributed by atoms with Crippen molar-refractivity contribution in [3.63, 3.8) is 0 Å². The van der Waals surface area contributed by atoms with Crippen LogP contribution in [-0.2, 0) is 6.42 Å². The van der Waals surface area contributed by atoms with Crippen LogP contribution in [0.15, 0.2) is 46.9 Å². The van der Waals surface area contributed by atoms with Gasteiger partial charge < -0.3 is 4.74 Å². The summed E-state index contributed by atoms with van der Waals surface area (Å²) in [5, 5.41) is 0.836. The molecule has 0 spiro atoms. The first-order valence-electron chi connectivity index (χ1n) is 6.28. The van der Waals surface area contributed by atoms with Gasteiger partial charge in [0.1, 0.15) is 0 Å². The number of methoxy groups -OCH3 is 1. The van der Waals surface area contributed by atoms with E-state index in [-0.39, 0.29) is 11.6 Å². The molecule has 0 radical (unpaired) electrons. The summed E-state index contributed by atoms with van der Waals surface area (Å²) in [6, 6.07) is 13.4. The normalized spacial score (nSPS) is 12.2. The highest BCUT2D eigenvalue weighted by Gasteiger charge is 2.12. The molecular formula is C16H15Br2FO. The molecule has 106 valence electrons. The fraction of sp³-hybridized carbons (Fsp3) is 0.250. The number of benzene rings is 2. The zero-order chi connectivity index (χ0) is 14.5. The average Bonchev–Trinajstić information content (AvgIpc) is 2.46. The first kappa shape index (κ1) is 15.5. The molecule has 2 aromatic carbocycles. The van der Waals surface area contributed by atoms with Gasteiger partial charge in [-0.05, 0) is 47.7 Å². The molecular weight excluding hydrogens is 387 g/mol. The molecule has 0 fully saturated rings. The van der Waals surface area contributed by atoms with Crippen LogP contribution >= 0.6 is 31.9 Å². The highest BCUT2D eigenvalue weighted by atomic mass is 79.9. The molecule has 0 saturated carbocycles. The highest BCUT2D eigenvalue weighted by molar-refractivity contribution is 9.10. The second-order valence-corrected chi connectivity index (χ2v) is 6.14. The number of alkyl halides is 1. The molecule has 0 aliphatic heterocycles. The van der Waals surface area contributed by atoms with Gasteiger partial charge in [0, 0.05) is 9.80 Å². The predicted molar refractivity (Wildman–Crippen MR) is 87.3 cm³/mol. The van der Waals surface area contributed by atoms with Gasteiger partial charge in [0.2, 0.25) is 0 Å². The lowest BCUT2D eigenvalue weighted by atomic mass is 9.94. The fourth-order valence-corrected chi connectivity index (χ4v) is 2.98. The van der Waals surface area contributed by atoms with Crippen molar-refractivity contribution in [2.45, 2.75) is 12.3 Å². The van der Waals surface area contributed by atoms with Crippen molar-refractivity contribution in [1.82, 2.24) is 0 Å². The number of hydrogen-bond donors (Lipinski definition) is 0. The Labute approximate surface area is 135 Å². The molecule has 0 amide bonds. The fourth-order valence-electron chi connectivity index (χ4n) is 2.12. The van der Waals surface area contributed by atoms with E-state index in [1.54, 1.807) is 12.1 Å². The minimum absolute atomic E-state index is 0.285. The summed E-state index contributed by atoms with van der Waals surface area (Å²) in [7, 11) is 1.47. The zero-order valence-corrected chi connectivity index (χ0v) is 14.2. The van der Waals surface area contributed by atoms with Crippen molar-refractivity contribution in [3.05, 3.63) is 63.9 Å². The molecule has 0 aliphatic rings. The Morgan fingerprint density at radius 3 is 2.40 bits per heavy atom. The molecule has 4 heteroatoms. The quantitative estimate of drug-likeness (QED) is 0.616. The number of halogens is 3. The van der Waals surface area contributed by atoms with Gasteiger partial charge in [0.05, 0.1) is 7.11 Å². The van der Waals surface area contributed by atoms with E-state index in [0.717, 1.165) is 21.8 Å². The molecule has 0 N–H and O–H groups in total. The molecule has 0 aromatic heterocycles. The van der Waals surface area contributed by atoms with Gasteiger partial charge >= 0.3 is 0 Å². The molecule has 0 heterocycles. The van der Waals surface area contributed by atoms with Gasteiger partial charge in [-0.3, -0.25) is 0 Å². The van der Waals surface area contributed by atoms with Crippen molar-refractivity contribution >= 4 is 31.9 Å². The summed E-state index contributed by atoms with van der Waals surface area (Å²) in [6.07, 6.45) is 0.786. The Bertz CT molecular complexity index is 569. The summed E-state index contributed by atoms with van der Waals surface area (Å²) in [6.45, 7) is 0. The minimum Gasteiger partial charge on any atom is -0.494 e. The van der Waals surface area contributed by atoms with Crippen LogP contribution in [0.1, 0.15) is 17.0 Å². The average molecular weight is 402 g/mol.